The molecule has 3 heteroatoms. The summed E-state index contributed by atoms with van der Waals surface area (Å²) in [6.45, 7) is 2.43. The monoisotopic (exact) mass is 227 g/mol. The summed E-state index contributed by atoms with van der Waals surface area (Å²) < 4.78 is 5.43. The molecule has 0 N–H and O–H groups in total. The fourth-order valence-electron chi connectivity index (χ4n) is 1.57. The van der Waals surface area contributed by atoms with Crippen LogP contribution in [0, 0.1) is 0 Å². The number of benzene rings is 1. The molecule has 0 spiro atoms. The molecule has 2 rings (SSSR count). The number of hydrogen-bond donors (Lipinski definition) is 0. The third kappa shape index (κ3) is 2.50. The molecule has 0 bridgehead atoms. The van der Waals surface area contributed by atoms with Gasteiger partial charge in [-0.05, 0) is 31.2 Å². The van der Waals surface area contributed by atoms with Crippen molar-refractivity contribution in [2.24, 2.45) is 0 Å². The zero-order chi connectivity index (χ0) is 12.1. The van der Waals surface area contributed by atoms with E-state index in [4.69, 9.17) is 4.74 Å². The molecule has 1 aromatic heterocycles. The van der Waals surface area contributed by atoms with E-state index in [2.05, 4.69) is 4.98 Å². The summed E-state index contributed by atoms with van der Waals surface area (Å²) in [5, 5.41) is 0. The van der Waals surface area contributed by atoms with E-state index in [1.165, 1.54) is 0 Å². The highest BCUT2D eigenvalue weighted by Crippen LogP contribution is 2.20. The minimum absolute atomic E-state index is 0.116. The Labute approximate surface area is 100 Å². The van der Waals surface area contributed by atoms with E-state index < -0.39 is 0 Å². The molecule has 0 aliphatic carbocycles. The molecule has 0 unspecified atom stereocenters. The molecule has 0 aliphatic rings. The Kier molecular flexibility index (Phi) is 3.50. The number of ether oxygens (including phenoxy) is 1. The Morgan fingerprint density at radius 2 is 1.94 bits per heavy atom. The Hall–Kier alpha value is -2.16. The minimum atomic E-state index is -0.116. The van der Waals surface area contributed by atoms with Crippen molar-refractivity contribution in [2.75, 3.05) is 6.61 Å². The predicted molar refractivity (Wildman–Crippen MR) is 65.3 cm³/mol. The first kappa shape index (κ1) is 11.3. The molecule has 0 saturated carbocycles. The molecule has 2 aromatic rings. The van der Waals surface area contributed by atoms with Crippen molar-refractivity contribution in [3.05, 3.63) is 59.9 Å². The molecule has 0 amide bonds. The second-order valence-corrected chi connectivity index (χ2v) is 3.47. The van der Waals surface area contributed by atoms with Gasteiger partial charge in [0.2, 0.25) is 5.78 Å². The van der Waals surface area contributed by atoms with E-state index in [9.17, 15) is 4.79 Å². The number of nitrogens with zero attached hydrogens (tertiary/aromatic N) is 1. The van der Waals surface area contributed by atoms with E-state index in [1.54, 1.807) is 36.5 Å². The van der Waals surface area contributed by atoms with E-state index in [1.807, 2.05) is 19.1 Å². The molecule has 0 fully saturated rings. The van der Waals surface area contributed by atoms with Gasteiger partial charge in [-0.15, -0.1) is 0 Å². The zero-order valence-corrected chi connectivity index (χ0v) is 9.59. The summed E-state index contributed by atoms with van der Waals surface area (Å²) in [5.74, 6) is 0.486. The van der Waals surface area contributed by atoms with Crippen LogP contribution >= 0.6 is 0 Å². The molecule has 1 heterocycles. The van der Waals surface area contributed by atoms with Crippen LogP contribution in [0.5, 0.6) is 5.75 Å². The van der Waals surface area contributed by atoms with Gasteiger partial charge in [0.25, 0.3) is 0 Å². The normalized spacial score (nSPS) is 9.94. The predicted octanol–water partition coefficient (Wildman–Crippen LogP) is 2.71. The van der Waals surface area contributed by atoms with Gasteiger partial charge in [0.05, 0.1) is 12.2 Å². The smallest absolute Gasteiger partial charge is 0.215 e. The molecule has 0 atom stereocenters. The molecular formula is C14H13NO2. The van der Waals surface area contributed by atoms with Gasteiger partial charge in [0, 0.05) is 6.20 Å². The molecule has 0 aliphatic heterocycles. The van der Waals surface area contributed by atoms with Gasteiger partial charge in [-0.2, -0.15) is 0 Å². The average molecular weight is 227 g/mol. The second kappa shape index (κ2) is 5.25. The Balaban J connectivity index is 2.37. The summed E-state index contributed by atoms with van der Waals surface area (Å²) in [4.78, 5) is 16.3. The first-order valence-corrected chi connectivity index (χ1v) is 5.50. The van der Waals surface area contributed by atoms with Crippen LogP contribution in [0.15, 0.2) is 48.7 Å². The maximum Gasteiger partial charge on any atom is 0.215 e. The standard InChI is InChI=1S/C14H13NO2/c1-2-17-13-9-4-3-7-11(13)14(16)12-8-5-6-10-15-12/h3-10H,2H2,1H3. The Morgan fingerprint density at radius 1 is 1.18 bits per heavy atom. The lowest BCUT2D eigenvalue weighted by molar-refractivity contribution is 0.103. The van der Waals surface area contributed by atoms with Gasteiger partial charge >= 0.3 is 0 Å². The van der Waals surface area contributed by atoms with Crippen molar-refractivity contribution in [1.82, 2.24) is 4.98 Å². The van der Waals surface area contributed by atoms with E-state index in [-0.39, 0.29) is 5.78 Å². The number of pyridine rings is 1. The lowest BCUT2D eigenvalue weighted by atomic mass is 10.1. The van der Waals surface area contributed by atoms with Crippen LogP contribution in [0.4, 0.5) is 0 Å². The Bertz CT molecular complexity index is 509. The van der Waals surface area contributed by atoms with Gasteiger partial charge in [-0.25, -0.2) is 0 Å². The van der Waals surface area contributed by atoms with Crippen molar-refractivity contribution in [3.63, 3.8) is 0 Å². The first-order chi connectivity index (χ1) is 8.33. The number of rotatable bonds is 4. The first-order valence-electron chi connectivity index (χ1n) is 5.50. The maximum absolute atomic E-state index is 12.2. The maximum atomic E-state index is 12.2. The van der Waals surface area contributed by atoms with Crippen molar-refractivity contribution >= 4 is 5.78 Å². The Morgan fingerprint density at radius 3 is 2.65 bits per heavy atom. The summed E-state index contributed by atoms with van der Waals surface area (Å²) in [6.07, 6.45) is 1.61. The fraction of sp³-hybridized carbons (Fsp3) is 0.143. The quantitative estimate of drug-likeness (QED) is 0.754. The number of hydrogen-bond acceptors (Lipinski definition) is 3. The SMILES string of the molecule is CCOc1ccccc1C(=O)c1ccccn1. The highest BCUT2D eigenvalue weighted by atomic mass is 16.5. The van der Waals surface area contributed by atoms with Crippen molar-refractivity contribution in [1.29, 1.82) is 0 Å². The largest absolute Gasteiger partial charge is 0.493 e. The van der Waals surface area contributed by atoms with E-state index in [0.29, 0.717) is 23.6 Å². The summed E-state index contributed by atoms with van der Waals surface area (Å²) >= 11 is 0. The van der Waals surface area contributed by atoms with E-state index in [0.717, 1.165) is 0 Å². The topological polar surface area (TPSA) is 39.2 Å². The lowest BCUT2D eigenvalue weighted by Gasteiger charge is -2.08. The van der Waals surface area contributed by atoms with Crippen molar-refractivity contribution in [3.8, 4) is 5.75 Å². The van der Waals surface area contributed by atoms with Gasteiger partial charge in [-0.3, -0.25) is 9.78 Å². The van der Waals surface area contributed by atoms with Crippen LogP contribution in [-0.4, -0.2) is 17.4 Å². The number of ketones is 1. The van der Waals surface area contributed by atoms with Gasteiger partial charge in [0.15, 0.2) is 0 Å². The molecule has 0 radical (unpaired) electrons. The van der Waals surface area contributed by atoms with Crippen molar-refractivity contribution < 1.29 is 9.53 Å². The number of carbonyl (C=O) groups excluding carboxylic acids is 1. The highest BCUT2D eigenvalue weighted by molar-refractivity contribution is 6.09. The zero-order valence-electron chi connectivity index (χ0n) is 9.59. The third-order valence-corrected chi connectivity index (χ3v) is 2.33. The molecule has 17 heavy (non-hydrogen) atoms. The minimum Gasteiger partial charge on any atom is -0.493 e. The third-order valence-electron chi connectivity index (χ3n) is 2.33. The number of carbonyl (C=O) groups is 1. The molecule has 0 saturated heterocycles. The molecule has 86 valence electrons. The highest BCUT2D eigenvalue weighted by Gasteiger charge is 2.14. The second-order valence-electron chi connectivity index (χ2n) is 3.47. The van der Waals surface area contributed by atoms with Crippen LogP contribution in [0.1, 0.15) is 23.0 Å². The summed E-state index contributed by atoms with van der Waals surface area (Å²) in [7, 11) is 0. The molecule has 1 aromatic carbocycles. The van der Waals surface area contributed by atoms with Crippen LogP contribution in [-0.2, 0) is 0 Å². The van der Waals surface area contributed by atoms with Crippen LogP contribution in [0.2, 0.25) is 0 Å². The number of para-hydroxylation sites is 1. The van der Waals surface area contributed by atoms with Crippen molar-refractivity contribution in [2.45, 2.75) is 6.92 Å². The summed E-state index contributed by atoms with van der Waals surface area (Å²) in [5.41, 5.74) is 0.979. The van der Waals surface area contributed by atoms with Gasteiger partial charge < -0.3 is 4.74 Å². The fourth-order valence-corrected chi connectivity index (χ4v) is 1.57. The summed E-state index contributed by atoms with van der Waals surface area (Å²) in [6, 6.07) is 12.5. The lowest BCUT2D eigenvalue weighted by Crippen LogP contribution is -2.06. The van der Waals surface area contributed by atoms with Crippen LogP contribution in [0.25, 0.3) is 0 Å². The van der Waals surface area contributed by atoms with E-state index >= 15 is 0 Å². The van der Waals surface area contributed by atoms with Crippen LogP contribution < -0.4 is 4.74 Å². The molecular weight excluding hydrogens is 214 g/mol. The average Bonchev–Trinajstić information content (AvgIpc) is 2.40. The molecule has 3 nitrogen and oxygen atoms in total. The van der Waals surface area contributed by atoms with Gasteiger partial charge in [0.1, 0.15) is 11.4 Å². The number of aromatic nitrogens is 1. The van der Waals surface area contributed by atoms with Gasteiger partial charge in [-0.1, -0.05) is 18.2 Å². The van der Waals surface area contributed by atoms with Crippen LogP contribution in [0.3, 0.4) is 0 Å².